The molecule has 2 unspecified atom stereocenters. The third kappa shape index (κ3) is 2.22. The minimum atomic E-state index is 0.437. The molecule has 1 aromatic heterocycles. The van der Waals surface area contributed by atoms with Gasteiger partial charge in [-0.3, -0.25) is 0 Å². The molecular formula is C14H18ClN3S. The van der Waals surface area contributed by atoms with Crippen molar-refractivity contribution in [2.24, 2.45) is 0 Å². The molecule has 102 valence electrons. The average molecular weight is 296 g/mol. The molecule has 2 heterocycles. The third-order valence-electron chi connectivity index (χ3n) is 4.23. The molecule has 0 amide bonds. The van der Waals surface area contributed by atoms with Gasteiger partial charge in [0.1, 0.15) is 0 Å². The van der Waals surface area contributed by atoms with Crippen molar-refractivity contribution in [3.05, 3.63) is 28.0 Å². The van der Waals surface area contributed by atoms with Crippen LogP contribution >= 0.6 is 23.8 Å². The molecule has 3 rings (SSSR count). The SMILES string of the molecule is CC1CC(n2c(=S)[nH]c3cccc(Cl)c32)CCN1C. The summed E-state index contributed by atoms with van der Waals surface area (Å²) in [6, 6.07) is 6.94. The number of H-pyrrole nitrogens is 1. The molecule has 1 aliphatic heterocycles. The summed E-state index contributed by atoms with van der Waals surface area (Å²) in [6.07, 6.45) is 2.23. The molecule has 3 nitrogen and oxygen atoms in total. The number of rotatable bonds is 1. The van der Waals surface area contributed by atoms with Crippen LogP contribution in [0.5, 0.6) is 0 Å². The number of imidazole rings is 1. The van der Waals surface area contributed by atoms with E-state index in [0.29, 0.717) is 12.1 Å². The van der Waals surface area contributed by atoms with Gasteiger partial charge in [-0.2, -0.15) is 0 Å². The summed E-state index contributed by atoms with van der Waals surface area (Å²) in [5.41, 5.74) is 2.08. The molecule has 19 heavy (non-hydrogen) atoms. The Labute approximate surface area is 123 Å². The van der Waals surface area contributed by atoms with Gasteiger partial charge in [0.2, 0.25) is 0 Å². The lowest BCUT2D eigenvalue weighted by Crippen LogP contribution is -2.38. The van der Waals surface area contributed by atoms with Crippen molar-refractivity contribution in [2.75, 3.05) is 13.6 Å². The maximum absolute atomic E-state index is 6.36. The Morgan fingerprint density at radius 1 is 1.42 bits per heavy atom. The molecule has 5 heteroatoms. The van der Waals surface area contributed by atoms with E-state index < -0.39 is 0 Å². The van der Waals surface area contributed by atoms with Gasteiger partial charge in [-0.25, -0.2) is 0 Å². The molecule has 1 aromatic carbocycles. The quantitative estimate of drug-likeness (QED) is 0.804. The van der Waals surface area contributed by atoms with Gasteiger partial charge in [0.15, 0.2) is 4.77 Å². The lowest BCUT2D eigenvalue weighted by atomic mass is 9.98. The molecule has 2 atom stereocenters. The van der Waals surface area contributed by atoms with Crippen molar-refractivity contribution >= 4 is 34.9 Å². The molecule has 1 fully saturated rings. The lowest BCUT2D eigenvalue weighted by molar-refractivity contribution is 0.158. The van der Waals surface area contributed by atoms with E-state index in [0.717, 1.165) is 40.2 Å². The molecule has 0 radical (unpaired) electrons. The Balaban J connectivity index is 2.10. The summed E-state index contributed by atoms with van der Waals surface area (Å²) in [5, 5.41) is 0.774. The number of halogens is 1. The Morgan fingerprint density at radius 3 is 2.95 bits per heavy atom. The highest BCUT2D eigenvalue weighted by atomic mass is 35.5. The number of aromatic nitrogens is 2. The molecule has 1 aliphatic rings. The van der Waals surface area contributed by atoms with Gasteiger partial charge < -0.3 is 14.5 Å². The van der Waals surface area contributed by atoms with E-state index in [2.05, 4.69) is 28.4 Å². The van der Waals surface area contributed by atoms with Gasteiger partial charge in [-0.1, -0.05) is 17.7 Å². The fourth-order valence-electron chi connectivity index (χ4n) is 2.99. The monoisotopic (exact) mass is 295 g/mol. The number of piperidine rings is 1. The van der Waals surface area contributed by atoms with Crippen molar-refractivity contribution in [2.45, 2.75) is 31.8 Å². The molecule has 0 saturated carbocycles. The van der Waals surface area contributed by atoms with E-state index in [1.54, 1.807) is 0 Å². The fourth-order valence-corrected chi connectivity index (χ4v) is 3.60. The summed E-state index contributed by atoms with van der Waals surface area (Å²) in [6.45, 7) is 3.37. The van der Waals surface area contributed by atoms with Crippen molar-refractivity contribution in [1.82, 2.24) is 14.5 Å². The first-order valence-electron chi connectivity index (χ1n) is 6.67. The molecule has 1 saturated heterocycles. The number of benzene rings is 1. The fraction of sp³-hybridized carbons (Fsp3) is 0.500. The third-order valence-corrected chi connectivity index (χ3v) is 4.84. The maximum Gasteiger partial charge on any atom is 0.178 e. The molecular weight excluding hydrogens is 278 g/mol. The first kappa shape index (κ1) is 13.2. The standard InChI is InChI=1S/C14H18ClN3S/c1-9-8-10(6-7-17(9)2)18-13-11(15)4-3-5-12(13)16-14(18)19/h3-5,9-10H,6-8H2,1-2H3,(H,16,19). The van der Waals surface area contributed by atoms with Crippen LogP contribution in [0.15, 0.2) is 18.2 Å². The van der Waals surface area contributed by atoms with E-state index in [1.165, 1.54) is 0 Å². The topological polar surface area (TPSA) is 24.0 Å². The summed E-state index contributed by atoms with van der Waals surface area (Å²) in [4.78, 5) is 5.67. The van der Waals surface area contributed by atoms with Gasteiger partial charge in [0.05, 0.1) is 16.1 Å². The lowest BCUT2D eigenvalue weighted by Gasteiger charge is -2.35. The number of nitrogens with zero attached hydrogens (tertiary/aromatic N) is 2. The van der Waals surface area contributed by atoms with Gasteiger partial charge in [-0.15, -0.1) is 0 Å². The number of aromatic amines is 1. The highest BCUT2D eigenvalue weighted by Gasteiger charge is 2.26. The van der Waals surface area contributed by atoms with Gasteiger partial charge in [-0.05, 0) is 51.2 Å². The predicted molar refractivity (Wildman–Crippen MR) is 82.5 cm³/mol. The van der Waals surface area contributed by atoms with Crippen LogP contribution in [0, 0.1) is 4.77 Å². The second-order valence-electron chi connectivity index (χ2n) is 5.44. The van der Waals surface area contributed by atoms with E-state index >= 15 is 0 Å². The number of nitrogens with one attached hydrogen (secondary N) is 1. The highest BCUT2D eigenvalue weighted by molar-refractivity contribution is 7.71. The number of para-hydroxylation sites is 1. The van der Waals surface area contributed by atoms with Gasteiger partial charge in [0.25, 0.3) is 0 Å². The summed E-state index contributed by atoms with van der Waals surface area (Å²) < 4.78 is 3.00. The molecule has 2 aromatic rings. The minimum absolute atomic E-state index is 0.437. The summed E-state index contributed by atoms with van der Waals surface area (Å²) in [5.74, 6) is 0. The van der Waals surface area contributed by atoms with Crippen LogP contribution in [0.2, 0.25) is 5.02 Å². The molecule has 0 spiro atoms. The van der Waals surface area contributed by atoms with Crippen LogP contribution in [-0.4, -0.2) is 34.1 Å². The van der Waals surface area contributed by atoms with Crippen molar-refractivity contribution in [3.63, 3.8) is 0 Å². The number of hydrogen-bond acceptors (Lipinski definition) is 2. The van der Waals surface area contributed by atoms with Crippen LogP contribution < -0.4 is 0 Å². The van der Waals surface area contributed by atoms with Gasteiger partial charge in [0, 0.05) is 18.6 Å². The second-order valence-corrected chi connectivity index (χ2v) is 6.24. The predicted octanol–water partition coefficient (Wildman–Crippen LogP) is 4.01. The summed E-state index contributed by atoms with van der Waals surface area (Å²) >= 11 is 11.9. The van der Waals surface area contributed by atoms with Crippen LogP contribution in [0.25, 0.3) is 11.0 Å². The largest absolute Gasteiger partial charge is 0.331 e. The van der Waals surface area contributed by atoms with Crippen LogP contribution in [0.3, 0.4) is 0 Å². The molecule has 1 N–H and O–H groups in total. The number of fused-ring (bicyclic) bond motifs is 1. The van der Waals surface area contributed by atoms with E-state index in [4.69, 9.17) is 23.8 Å². The minimum Gasteiger partial charge on any atom is -0.331 e. The van der Waals surface area contributed by atoms with E-state index in [1.807, 2.05) is 18.2 Å². The smallest absolute Gasteiger partial charge is 0.178 e. The second kappa shape index (κ2) is 4.93. The Bertz CT molecular complexity index is 660. The molecule has 0 aliphatic carbocycles. The average Bonchev–Trinajstić information content (AvgIpc) is 2.70. The Hall–Kier alpha value is -0.840. The maximum atomic E-state index is 6.36. The van der Waals surface area contributed by atoms with Crippen molar-refractivity contribution in [3.8, 4) is 0 Å². The Morgan fingerprint density at radius 2 is 2.21 bits per heavy atom. The summed E-state index contributed by atoms with van der Waals surface area (Å²) in [7, 11) is 2.18. The Kier molecular flexibility index (Phi) is 3.41. The van der Waals surface area contributed by atoms with Gasteiger partial charge >= 0.3 is 0 Å². The van der Waals surface area contributed by atoms with Crippen LogP contribution in [-0.2, 0) is 0 Å². The van der Waals surface area contributed by atoms with E-state index in [9.17, 15) is 0 Å². The van der Waals surface area contributed by atoms with Crippen LogP contribution in [0.4, 0.5) is 0 Å². The van der Waals surface area contributed by atoms with Crippen molar-refractivity contribution in [1.29, 1.82) is 0 Å². The zero-order valence-corrected chi connectivity index (χ0v) is 12.8. The van der Waals surface area contributed by atoms with Crippen molar-refractivity contribution < 1.29 is 0 Å². The highest BCUT2D eigenvalue weighted by Crippen LogP contribution is 2.32. The normalized spacial score (nSPS) is 25.0. The first-order valence-corrected chi connectivity index (χ1v) is 7.45. The molecule has 0 bridgehead atoms. The van der Waals surface area contributed by atoms with E-state index in [-0.39, 0.29) is 0 Å². The number of hydrogen-bond donors (Lipinski definition) is 1. The zero-order chi connectivity index (χ0) is 13.6. The first-order chi connectivity index (χ1) is 9.08. The number of likely N-dealkylation sites (tertiary alicyclic amines) is 1. The van der Waals surface area contributed by atoms with Crippen LogP contribution in [0.1, 0.15) is 25.8 Å². The zero-order valence-electron chi connectivity index (χ0n) is 11.2.